The molecule has 1 aromatic rings. The van der Waals surface area contributed by atoms with Crippen LogP contribution in [0, 0.1) is 11.3 Å². The Bertz CT molecular complexity index is 404. The summed E-state index contributed by atoms with van der Waals surface area (Å²) in [5, 5.41) is 9.89. The van der Waals surface area contributed by atoms with E-state index in [0.717, 1.165) is 29.3 Å². The van der Waals surface area contributed by atoms with Gasteiger partial charge in [0.15, 0.2) is 0 Å². The summed E-state index contributed by atoms with van der Waals surface area (Å²) in [6.45, 7) is 0. The first-order valence-corrected chi connectivity index (χ1v) is 5.72. The van der Waals surface area contributed by atoms with Crippen LogP contribution < -0.4 is 0 Å². The zero-order valence-corrected chi connectivity index (χ0v) is 9.90. The van der Waals surface area contributed by atoms with E-state index in [1.165, 1.54) is 0 Å². The van der Waals surface area contributed by atoms with E-state index in [2.05, 4.69) is 22.0 Å². The molecular weight excluding hydrogens is 261 g/mol. The Hall–Kier alpha value is -0.520. The first kappa shape index (κ1) is 10.0. The fourth-order valence-electron chi connectivity index (χ4n) is 1.84. The highest BCUT2D eigenvalue weighted by atomic mass is 79.9. The summed E-state index contributed by atoms with van der Waals surface area (Å²) in [6, 6.07) is 8.05. The van der Waals surface area contributed by atoms with E-state index in [0.29, 0.717) is 5.02 Å². The average molecular weight is 271 g/mol. The minimum Gasteiger partial charge on any atom is -0.197 e. The van der Waals surface area contributed by atoms with Gasteiger partial charge in [-0.1, -0.05) is 27.5 Å². The van der Waals surface area contributed by atoms with E-state index in [1.807, 2.05) is 18.2 Å². The van der Waals surface area contributed by atoms with Crippen LogP contribution in [0.4, 0.5) is 0 Å². The molecule has 1 saturated carbocycles. The minimum absolute atomic E-state index is 0.288. The van der Waals surface area contributed by atoms with Gasteiger partial charge in [0.1, 0.15) is 0 Å². The number of benzene rings is 1. The molecule has 0 bridgehead atoms. The van der Waals surface area contributed by atoms with Crippen LogP contribution in [0.2, 0.25) is 5.02 Å². The van der Waals surface area contributed by atoms with Crippen molar-refractivity contribution in [2.24, 2.45) is 0 Å². The summed E-state index contributed by atoms with van der Waals surface area (Å²) in [7, 11) is 0. The Kier molecular flexibility index (Phi) is 2.55. The monoisotopic (exact) mass is 269 g/mol. The molecule has 1 aliphatic rings. The van der Waals surface area contributed by atoms with E-state index in [-0.39, 0.29) is 5.41 Å². The second-order valence-corrected chi connectivity index (χ2v) is 4.96. The largest absolute Gasteiger partial charge is 0.197 e. The average Bonchev–Trinajstić information content (AvgIpc) is 2.10. The normalized spacial score (nSPS) is 18.4. The van der Waals surface area contributed by atoms with Crippen molar-refractivity contribution in [1.29, 1.82) is 5.26 Å². The van der Waals surface area contributed by atoms with Crippen molar-refractivity contribution in [1.82, 2.24) is 0 Å². The number of halogens is 2. The molecule has 2 rings (SSSR count). The van der Waals surface area contributed by atoms with Gasteiger partial charge < -0.3 is 0 Å². The number of nitriles is 1. The highest BCUT2D eigenvalue weighted by Crippen LogP contribution is 2.46. The Balaban J connectivity index is 2.50. The number of nitrogens with zero attached hydrogens (tertiary/aromatic N) is 1. The van der Waals surface area contributed by atoms with Crippen molar-refractivity contribution < 1.29 is 0 Å². The van der Waals surface area contributed by atoms with Gasteiger partial charge in [-0.2, -0.15) is 5.26 Å². The van der Waals surface area contributed by atoms with Crippen molar-refractivity contribution in [3.63, 3.8) is 0 Å². The predicted molar refractivity (Wildman–Crippen MR) is 60.3 cm³/mol. The van der Waals surface area contributed by atoms with Crippen LogP contribution in [-0.4, -0.2) is 0 Å². The van der Waals surface area contributed by atoms with E-state index >= 15 is 0 Å². The molecule has 0 unspecified atom stereocenters. The molecule has 0 heterocycles. The molecule has 0 spiro atoms. The molecule has 0 atom stereocenters. The molecule has 1 aromatic carbocycles. The lowest BCUT2D eigenvalue weighted by molar-refractivity contribution is 0.323. The zero-order chi connectivity index (χ0) is 10.2. The molecule has 0 N–H and O–H groups in total. The van der Waals surface area contributed by atoms with E-state index in [4.69, 9.17) is 11.6 Å². The van der Waals surface area contributed by atoms with Gasteiger partial charge in [-0.15, -0.1) is 0 Å². The third kappa shape index (κ3) is 1.45. The fraction of sp³-hybridized carbons (Fsp3) is 0.364. The van der Waals surface area contributed by atoms with Gasteiger partial charge in [-0.3, -0.25) is 0 Å². The molecule has 0 saturated heterocycles. The molecule has 72 valence electrons. The Morgan fingerprint density at radius 2 is 2.14 bits per heavy atom. The Labute approximate surface area is 96.8 Å². The third-order valence-corrected chi connectivity index (χ3v) is 3.79. The quantitative estimate of drug-likeness (QED) is 0.755. The number of hydrogen-bond acceptors (Lipinski definition) is 1. The number of rotatable bonds is 1. The molecule has 0 amide bonds. The third-order valence-electron chi connectivity index (χ3n) is 2.87. The molecule has 14 heavy (non-hydrogen) atoms. The smallest absolute Gasteiger partial charge is 0.0833 e. The van der Waals surface area contributed by atoms with Crippen LogP contribution in [0.5, 0.6) is 0 Å². The van der Waals surface area contributed by atoms with Crippen molar-refractivity contribution >= 4 is 27.5 Å². The topological polar surface area (TPSA) is 23.8 Å². The van der Waals surface area contributed by atoms with Crippen LogP contribution in [0.1, 0.15) is 24.8 Å². The van der Waals surface area contributed by atoms with Crippen LogP contribution in [0.25, 0.3) is 0 Å². The van der Waals surface area contributed by atoms with E-state index in [1.54, 1.807) is 0 Å². The van der Waals surface area contributed by atoms with Crippen molar-refractivity contribution in [3.8, 4) is 6.07 Å². The maximum absolute atomic E-state index is 9.19. The van der Waals surface area contributed by atoms with Crippen LogP contribution in [0.3, 0.4) is 0 Å². The lowest BCUT2D eigenvalue weighted by Gasteiger charge is -2.36. The molecule has 0 aliphatic heterocycles. The molecule has 1 aliphatic carbocycles. The fourth-order valence-corrected chi connectivity index (χ4v) is 2.63. The zero-order valence-electron chi connectivity index (χ0n) is 7.56. The van der Waals surface area contributed by atoms with Crippen molar-refractivity contribution in [2.45, 2.75) is 24.7 Å². The number of hydrogen-bond donors (Lipinski definition) is 0. The first-order chi connectivity index (χ1) is 6.68. The van der Waals surface area contributed by atoms with Gasteiger partial charge in [-0.05, 0) is 43.0 Å². The minimum atomic E-state index is -0.288. The van der Waals surface area contributed by atoms with Gasteiger partial charge in [0, 0.05) is 9.50 Å². The lowest BCUT2D eigenvalue weighted by atomic mass is 9.65. The molecule has 0 aromatic heterocycles. The first-order valence-electron chi connectivity index (χ1n) is 4.55. The van der Waals surface area contributed by atoms with Crippen LogP contribution >= 0.6 is 27.5 Å². The molecule has 3 heteroatoms. The maximum atomic E-state index is 9.19. The summed E-state index contributed by atoms with van der Waals surface area (Å²) >= 11 is 9.40. The standard InChI is InChI=1S/C11H9BrClN/c12-10-3-2-8(13)6-9(10)11(7-14)4-1-5-11/h2-3,6H,1,4-5H2. The molecular formula is C11H9BrClN. The summed E-state index contributed by atoms with van der Waals surface area (Å²) < 4.78 is 0.989. The Morgan fingerprint density at radius 1 is 1.43 bits per heavy atom. The van der Waals surface area contributed by atoms with Crippen LogP contribution in [-0.2, 0) is 5.41 Å². The maximum Gasteiger partial charge on any atom is 0.0833 e. The van der Waals surface area contributed by atoms with E-state index < -0.39 is 0 Å². The van der Waals surface area contributed by atoms with Gasteiger partial charge in [0.25, 0.3) is 0 Å². The highest BCUT2D eigenvalue weighted by Gasteiger charge is 2.40. The second kappa shape index (κ2) is 3.56. The predicted octanol–water partition coefficient (Wildman–Crippen LogP) is 4.05. The summed E-state index contributed by atoms with van der Waals surface area (Å²) in [4.78, 5) is 0. The van der Waals surface area contributed by atoms with Gasteiger partial charge >= 0.3 is 0 Å². The van der Waals surface area contributed by atoms with E-state index in [9.17, 15) is 5.26 Å². The second-order valence-electron chi connectivity index (χ2n) is 3.67. The highest BCUT2D eigenvalue weighted by molar-refractivity contribution is 9.10. The summed E-state index contributed by atoms with van der Waals surface area (Å²) in [5.74, 6) is 0. The summed E-state index contributed by atoms with van der Waals surface area (Å²) in [5.41, 5.74) is 0.753. The van der Waals surface area contributed by atoms with Crippen LogP contribution in [0.15, 0.2) is 22.7 Å². The van der Waals surface area contributed by atoms with Gasteiger partial charge in [0.2, 0.25) is 0 Å². The lowest BCUT2D eigenvalue weighted by Crippen LogP contribution is -2.32. The van der Waals surface area contributed by atoms with Gasteiger partial charge in [-0.25, -0.2) is 0 Å². The summed E-state index contributed by atoms with van der Waals surface area (Å²) in [6.07, 6.45) is 3.03. The molecule has 0 radical (unpaired) electrons. The molecule has 1 nitrogen and oxygen atoms in total. The SMILES string of the molecule is N#CC1(c2cc(Cl)ccc2Br)CCC1. The Morgan fingerprint density at radius 3 is 2.64 bits per heavy atom. The van der Waals surface area contributed by atoms with Gasteiger partial charge in [0.05, 0.1) is 11.5 Å². The van der Waals surface area contributed by atoms with Crippen molar-refractivity contribution in [3.05, 3.63) is 33.3 Å². The van der Waals surface area contributed by atoms with Crippen molar-refractivity contribution in [2.75, 3.05) is 0 Å². The molecule has 1 fully saturated rings.